The highest BCUT2D eigenvalue weighted by atomic mass is 16.1. The molecule has 0 saturated carbocycles. The molecule has 3 heteroatoms. The predicted molar refractivity (Wildman–Crippen MR) is 106 cm³/mol. The van der Waals surface area contributed by atoms with Crippen LogP contribution in [0.15, 0.2) is 24.3 Å². The Hall–Kier alpha value is -1.35. The van der Waals surface area contributed by atoms with Crippen LogP contribution in [0.1, 0.15) is 76.7 Å². The van der Waals surface area contributed by atoms with Crippen LogP contribution in [-0.2, 0) is 6.54 Å². The maximum Gasteiger partial charge on any atom is 0.251 e. The number of rotatable bonds is 5. The minimum atomic E-state index is -0.210. The number of carbonyl (C=O) groups is 1. The third kappa shape index (κ3) is 6.81. The van der Waals surface area contributed by atoms with Gasteiger partial charge in [0, 0.05) is 24.2 Å². The summed E-state index contributed by atoms with van der Waals surface area (Å²) in [5.74, 6) is 0.816. The lowest BCUT2D eigenvalue weighted by atomic mass is 9.81. The van der Waals surface area contributed by atoms with Gasteiger partial charge in [-0.3, -0.25) is 9.69 Å². The van der Waals surface area contributed by atoms with E-state index in [-0.39, 0.29) is 16.9 Å². The smallest absolute Gasteiger partial charge is 0.251 e. The summed E-state index contributed by atoms with van der Waals surface area (Å²) >= 11 is 0. The molecule has 1 fully saturated rings. The molecule has 1 amide bonds. The van der Waals surface area contributed by atoms with E-state index in [1.165, 1.54) is 31.5 Å². The first-order chi connectivity index (χ1) is 11.5. The van der Waals surface area contributed by atoms with E-state index in [0.717, 1.165) is 24.4 Å². The van der Waals surface area contributed by atoms with E-state index in [9.17, 15) is 4.79 Å². The zero-order chi connectivity index (χ0) is 18.7. The van der Waals surface area contributed by atoms with E-state index in [1.54, 1.807) is 0 Å². The van der Waals surface area contributed by atoms with Crippen molar-refractivity contribution in [1.82, 2.24) is 10.2 Å². The fourth-order valence-corrected chi connectivity index (χ4v) is 4.20. The van der Waals surface area contributed by atoms with Gasteiger partial charge in [0.2, 0.25) is 0 Å². The molecule has 1 aliphatic rings. The van der Waals surface area contributed by atoms with Crippen molar-refractivity contribution in [2.75, 3.05) is 13.1 Å². The molecule has 1 aromatic rings. The molecule has 3 nitrogen and oxygen atoms in total. The molecule has 1 aromatic carbocycles. The second kappa shape index (κ2) is 7.90. The third-order valence-electron chi connectivity index (χ3n) is 4.79. The average Bonchev–Trinajstić information content (AvgIpc) is 2.44. The highest BCUT2D eigenvalue weighted by molar-refractivity contribution is 5.94. The maximum absolute atomic E-state index is 12.6. The number of hydrogen-bond acceptors (Lipinski definition) is 2. The number of benzene rings is 1. The first kappa shape index (κ1) is 20.0. The molecule has 1 N–H and O–H groups in total. The Morgan fingerprint density at radius 3 is 2.36 bits per heavy atom. The summed E-state index contributed by atoms with van der Waals surface area (Å²) in [6.45, 7) is 16.5. The SMILES string of the molecule is C[C@@H]1CCCN(Cc2ccc(C(=O)NC(C)(C)CC(C)(C)C)cc2)C1. The average molecular weight is 345 g/mol. The van der Waals surface area contributed by atoms with E-state index in [2.05, 4.69) is 63.9 Å². The molecule has 2 rings (SSSR count). The summed E-state index contributed by atoms with van der Waals surface area (Å²) in [4.78, 5) is 15.1. The first-order valence-corrected chi connectivity index (χ1v) is 9.68. The number of carbonyl (C=O) groups excluding carboxylic acids is 1. The molecule has 25 heavy (non-hydrogen) atoms. The van der Waals surface area contributed by atoms with Crippen LogP contribution in [0.3, 0.4) is 0 Å². The number of amides is 1. The normalized spacial score (nSPS) is 19.7. The van der Waals surface area contributed by atoms with Gasteiger partial charge in [-0.15, -0.1) is 0 Å². The fraction of sp³-hybridized carbons (Fsp3) is 0.682. The van der Waals surface area contributed by atoms with Crippen molar-refractivity contribution in [2.45, 2.75) is 72.9 Å². The van der Waals surface area contributed by atoms with Crippen molar-refractivity contribution >= 4 is 5.91 Å². The largest absolute Gasteiger partial charge is 0.347 e. The zero-order valence-corrected chi connectivity index (χ0v) is 17.0. The lowest BCUT2D eigenvalue weighted by Crippen LogP contribution is -2.45. The molecular weight excluding hydrogens is 308 g/mol. The van der Waals surface area contributed by atoms with Gasteiger partial charge in [-0.05, 0) is 68.7 Å². The van der Waals surface area contributed by atoms with Gasteiger partial charge >= 0.3 is 0 Å². The summed E-state index contributed by atoms with van der Waals surface area (Å²) in [6, 6.07) is 8.13. The van der Waals surface area contributed by atoms with Crippen molar-refractivity contribution in [3.8, 4) is 0 Å². The molecule has 0 spiro atoms. The Labute approximate surface area is 154 Å². The van der Waals surface area contributed by atoms with Gasteiger partial charge in [-0.1, -0.05) is 39.8 Å². The topological polar surface area (TPSA) is 32.3 Å². The Bertz CT molecular complexity index is 569. The van der Waals surface area contributed by atoms with Crippen LogP contribution in [0.25, 0.3) is 0 Å². The molecule has 0 radical (unpaired) electrons. The maximum atomic E-state index is 12.6. The van der Waals surface area contributed by atoms with Crippen LogP contribution in [0.5, 0.6) is 0 Å². The molecule has 0 bridgehead atoms. The fourth-order valence-electron chi connectivity index (χ4n) is 4.20. The lowest BCUT2D eigenvalue weighted by molar-refractivity contribution is 0.0891. The van der Waals surface area contributed by atoms with Crippen molar-refractivity contribution in [1.29, 1.82) is 0 Å². The molecule has 0 aliphatic carbocycles. The monoisotopic (exact) mass is 344 g/mol. The lowest BCUT2D eigenvalue weighted by Gasteiger charge is -2.33. The third-order valence-corrected chi connectivity index (χ3v) is 4.79. The van der Waals surface area contributed by atoms with Crippen LogP contribution in [-0.4, -0.2) is 29.4 Å². The Morgan fingerprint density at radius 2 is 1.80 bits per heavy atom. The van der Waals surface area contributed by atoms with Gasteiger partial charge < -0.3 is 5.32 Å². The van der Waals surface area contributed by atoms with Crippen molar-refractivity contribution < 1.29 is 4.79 Å². The molecule has 1 aliphatic heterocycles. The van der Waals surface area contributed by atoms with Gasteiger partial charge in [0.15, 0.2) is 0 Å². The van der Waals surface area contributed by atoms with Crippen LogP contribution in [0, 0.1) is 11.3 Å². The van der Waals surface area contributed by atoms with E-state index >= 15 is 0 Å². The zero-order valence-electron chi connectivity index (χ0n) is 17.0. The summed E-state index contributed by atoms with van der Waals surface area (Å²) < 4.78 is 0. The van der Waals surface area contributed by atoms with Crippen LogP contribution in [0.2, 0.25) is 0 Å². The molecule has 1 atom stereocenters. The minimum Gasteiger partial charge on any atom is -0.347 e. The number of hydrogen-bond donors (Lipinski definition) is 1. The van der Waals surface area contributed by atoms with Gasteiger partial charge in [0.1, 0.15) is 0 Å². The van der Waals surface area contributed by atoms with Gasteiger partial charge in [-0.25, -0.2) is 0 Å². The van der Waals surface area contributed by atoms with Crippen molar-refractivity contribution in [3.05, 3.63) is 35.4 Å². The molecule has 140 valence electrons. The number of likely N-dealkylation sites (tertiary alicyclic amines) is 1. The van der Waals surface area contributed by atoms with Crippen molar-refractivity contribution in [3.63, 3.8) is 0 Å². The first-order valence-electron chi connectivity index (χ1n) is 9.68. The number of nitrogens with one attached hydrogen (secondary N) is 1. The second-order valence-corrected chi connectivity index (χ2v) is 9.75. The summed E-state index contributed by atoms with van der Waals surface area (Å²) in [5.41, 5.74) is 2.02. The Kier molecular flexibility index (Phi) is 6.31. The molecule has 1 heterocycles. The van der Waals surface area contributed by atoms with Gasteiger partial charge in [-0.2, -0.15) is 0 Å². The highest BCUT2D eigenvalue weighted by Gasteiger charge is 2.27. The van der Waals surface area contributed by atoms with Crippen LogP contribution >= 0.6 is 0 Å². The van der Waals surface area contributed by atoms with Gasteiger partial charge in [0.05, 0.1) is 0 Å². The van der Waals surface area contributed by atoms with Crippen LogP contribution in [0.4, 0.5) is 0 Å². The molecular formula is C22H36N2O. The Balaban J connectivity index is 1.93. The van der Waals surface area contributed by atoms with E-state index in [0.29, 0.717) is 0 Å². The van der Waals surface area contributed by atoms with E-state index < -0.39 is 0 Å². The summed E-state index contributed by atoms with van der Waals surface area (Å²) in [7, 11) is 0. The Morgan fingerprint density at radius 1 is 1.16 bits per heavy atom. The number of nitrogens with zero attached hydrogens (tertiary/aromatic N) is 1. The molecule has 1 saturated heterocycles. The van der Waals surface area contributed by atoms with E-state index in [4.69, 9.17) is 0 Å². The van der Waals surface area contributed by atoms with Crippen LogP contribution < -0.4 is 5.32 Å². The molecule has 0 aromatic heterocycles. The second-order valence-electron chi connectivity index (χ2n) is 9.75. The van der Waals surface area contributed by atoms with Crippen molar-refractivity contribution in [2.24, 2.45) is 11.3 Å². The molecule has 0 unspecified atom stereocenters. The highest BCUT2D eigenvalue weighted by Crippen LogP contribution is 2.27. The standard InChI is InChI=1S/C22H36N2O/c1-17-8-7-13-24(14-17)15-18-9-11-19(12-10-18)20(25)23-22(5,6)16-21(2,3)4/h9-12,17H,7-8,13-16H2,1-6H3,(H,23,25)/t17-/m1/s1. The summed E-state index contributed by atoms with van der Waals surface area (Å²) in [6.07, 6.45) is 3.58. The number of piperidine rings is 1. The van der Waals surface area contributed by atoms with E-state index in [1.807, 2.05) is 12.1 Å². The van der Waals surface area contributed by atoms with Gasteiger partial charge in [0.25, 0.3) is 5.91 Å². The minimum absolute atomic E-state index is 0.0207. The quantitative estimate of drug-likeness (QED) is 0.827. The predicted octanol–water partition coefficient (Wildman–Crippen LogP) is 4.86. The summed E-state index contributed by atoms with van der Waals surface area (Å²) in [5, 5.41) is 3.19.